The van der Waals surface area contributed by atoms with E-state index in [2.05, 4.69) is 10.6 Å². The summed E-state index contributed by atoms with van der Waals surface area (Å²) in [6, 6.07) is 0. The monoisotopic (exact) mass is 409 g/mol. The maximum Gasteiger partial charge on any atom is 0.322 e. The Morgan fingerprint density at radius 1 is 0.885 bits per heavy atom. The van der Waals surface area contributed by atoms with E-state index in [0.717, 1.165) is 0 Å². The molecule has 150 valence electrons. The van der Waals surface area contributed by atoms with Crippen LogP contribution in [0, 0.1) is 11.8 Å². The van der Waals surface area contributed by atoms with Gasteiger partial charge in [-0.2, -0.15) is 0 Å². The predicted molar refractivity (Wildman–Crippen MR) is 102 cm³/mol. The van der Waals surface area contributed by atoms with Crippen molar-refractivity contribution in [2.24, 2.45) is 17.6 Å². The van der Waals surface area contributed by atoms with Crippen molar-refractivity contribution < 1.29 is 29.4 Å². The fraction of sp³-hybridized carbons (Fsp3) is 0.733. The van der Waals surface area contributed by atoms with Gasteiger partial charge in [0, 0.05) is 23.3 Å². The van der Waals surface area contributed by atoms with Crippen LogP contribution >= 0.6 is 23.5 Å². The zero-order valence-corrected chi connectivity index (χ0v) is 16.5. The largest absolute Gasteiger partial charge is 0.480 e. The zero-order valence-electron chi connectivity index (χ0n) is 14.9. The van der Waals surface area contributed by atoms with E-state index in [4.69, 9.17) is 15.9 Å². The molecule has 0 aliphatic heterocycles. The third-order valence-electron chi connectivity index (χ3n) is 3.19. The Labute approximate surface area is 161 Å². The van der Waals surface area contributed by atoms with Crippen LogP contribution in [-0.4, -0.2) is 69.7 Å². The molecule has 0 bridgehead atoms. The summed E-state index contributed by atoms with van der Waals surface area (Å²) in [6.07, 6.45) is 0.697. The summed E-state index contributed by atoms with van der Waals surface area (Å²) in [5.41, 5.74) is 5.61. The molecule has 2 atom stereocenters. The van der Waals surface area contributed by atoms with Crippen molar-refractivity contribution in [2.75, 3.05) is 31.1 Å². The minimum absolute atomic E-state index is 0.0875. The lowest BCUT2D eigenvalue weighted by molar-refractivity contribution is -0.138. The van der Waals surface area contributed by atoms with Crippen molar-refractivity contribution in [3.63, 3.8) is 0 Å². The number of carboxylic acid groups (broad SMARTS) is 2. The van der Waals surface area contributed by atoms with Gasteiger partial charge in [-0.05, 0) is 13.0 Å². The minimum Gasteiger partial charge on any atom is -0.480 e. The van der Waals surface area contributed by atoms with E-state index in [1.54, 1.807) is 13.8 Å². The van der Waals surface area contributed by atoms with Crippen molar-refractivity contribution >= 4 is 47.3 Å². The van der Waals surface area contributed by atoms with Crippen LogP contribution < -0.4 is 16.4 Å². The number of thioether (sulfide) groups is 2. The van der Waals surface area contributed by atoms with Gasteiger partial charge in [-0.15, -0.1) is 23.5 Å². The molecular formula is C15H27N3O6S2. The number of rotatable bonds is 14. The highest BCUT2D eigenvalue weighted by atomic mass is 32.2. The molecule has 0 spiro atoms. The Morgan fingerprint density at radius 2 is 1.27 bits per heavy atom. The lowest BCUT2D eigenvalue weighted by atomic mass is 10.2. The van der Waals surface area contributed by atoms with Crippen LogP contribution in [0.3, 0.4) is 0 Å². The van der Waals surface area contributed by atoms with Crippen molar-refractivity contribution in [3.8, 4) is 0 Å². The summed E-state index contributed by atoms with van der Waals surface area (Å²) in [4.78, 5) is 44.5. The van der Waals surface area contributed by atoms with Crippen LogP contribution in [0.4, 0.5) is 0 Å². The molecule has 0 rings (SSSR count). The van der Waals surface area contributed by atoms with Crippen LogP contribution in [0.15, 0.2) is 0 Å². The maximum absolute atomic E-state index is 11.8. The molecule has 0 aromatic carbocycles. The third-order valence-corrected chi connectivity index (χ3v) is 6.61. The first kappa shape index (κ1) is 24.5. The third kappa shape index (κ3) is 12.0. The summed E-state index contributed by atoms with van der Waals surface area (Å²) >= 11 is 3.08. The topological polar surface area (TPSA) is 159 Å². The number of carbonyl (C=O) groups is 4. The van der Waals surface area contributed by atoms with E-state index in [9.17, 15) is 19.2 Å². The molecular weight excluding hydrogens is 382 g/mol. The highest BCUT2D eigenvalue weighted by molar-refractivity contribution is 8.17. The van der Waals surface area contributed by atoms with Crippen molar-refractivity contribution in [1.29, 1.82) is 0 Å². The van der Waals surface area contributed by atoms with Gasteiger partial charge in [0.25, 0.3) is 0 Å². The molecule has 9 nitrogen and oxygen atoms in total. The quantitative estimate of drug-likeness (QED) is 0.245. The Bertz CT molecular complexity index is 452. The number of hydrogen-bond acceptors (Lipinski definition) is 7. The fourth-order valence-corrected chi connectivity index (χ4v) is 4.45. The van der Waals surface area contributed by atoms with Gasteiger partial charge >= 0.3 is 11.9 Å². The van der Waals surface area contributed by atoms with Gasteiger partial charge in [0.05, 0.1) is 4.58 Å². The Kier molecular flexibility index (Phi) is 12.9. The van der Waals surface area contributed by atoms with Gasteiger partial charge in [0.2, 0.25) is 11.8 Å². The smallest absolute Gasteiger partial charge is 0.322 e. The second-order valence-corrected chi connectivity index (χ2v) is 8.47. The lowest BCUT2D eigenvalue weighted by Crippen LogP contribution is -2.35. The molecule has 26 heavy (non-hydrogen) atoms. The molecule has 2 amide bonds. The van der Waals surface area contributed by atoms with Gasteiger partial charge in [-0.3, -0.25) is 19.2 Å². The van der Waals surface area contributed by atoms with Crippen LogP contribution in [0.2, 0.25) is 0 Å². The molecule has 2 unspecified atom stereocenters. The fourth-order valence-electron chi connectivity index (χ4n) is 1.68. The number of hydrogen-bond donors (Lipinski definition) is 5. The van der Waals surface area contributed by atoms with Crippen LogP contribution in [0.1, 0.15) is 20.3 Å². The first-order valence-electron chi connectivity index (χ1n) is 8.09. The molecule has 0 aliphatic rings. The standard InChI is InChI=1S/C15H27N3O6S2/c1-9(14(23)17-5-11(19)20)7-25-13(3-4-16)26-8-10(2)15(24)18-6-12(21)22/h9-10,13H,3-8,16H2,1-2H3,(H,17,23)(H,18,24)(H,19,20)(H,21,22). The molecule has 0 radical (unpaired) electrons. The molecule has 0 heterocycles. The molecule has 11 heteroatoms. The van der Waals surface area contributed by atoms with E-state index >= 15 is 0 Å². The average molecular weight is 410 g/mol. The van der Waals surface area contributed by atoms with Crippen LogP contribution in [0.5, 0.6) is 0 Å². The van der Waals surface area contributed by atoms with Crippen molar-refractivity contribution in [3.05, 3.63) is 0 Å². The average Bonchev–Trinajstić information content (AvgIpc) is 2.58. The number of nitrogens with two attached hydrogens (primary N) is 1. The Hall–Kier alpha value is -1.46. The van der Waals surface area contributed by atoms with Crippen LogP contribution in [0.25, 0.3) is 0 Å². The van der Waals surface area contributed by atoms with E-state index in [1.807, 2.05) is 0 Å². The second-order valence-electron chi connectivity index (χ2n) is 5.70. The SMILES string of the molecule is CC(CSC(CCN)SCC(C)C(=O)NCC(=O)O)C(=O)NCC(=O)O. The van der Waals surface area contributed by atoms with E-state index < -0.39 is 25.0 Å². The molecule has 0 fully saturated rings. The van der Waals surface area contributed by atoms with Gasteiger partial charge in [-0.1, -0.05) is 13.8 Å². The zero-order chi connectivity index (χ0) is 20.1. The summed E-state index contributed by atoms with van der Waals surface area (Å²) in [5.74, 6) is -2.52. The lowest BCUT2D eigenvalue weighted by Gasteiger charge is -2.19. The molecule has 0 saturated carbocycles. The summed E-state index contributed by atoms with van der Waals surface area (Å²) in [5, 5.41) is 21.8. The summed E-state index contributed by atoms with van der Waals surface area (Å²) < 4.78 is 0.0875. The van der Waals surface area contributed by atoms with Gasteiger partial charge in [0.1, 0.15) is 13.1 Å². The molecule has 6 N–H and O–H groups in total. The van der Waals surface area contributed by atoms with E-state index in [1.165, 1.54) is 23.5 Å². The number of carbonyl (C=O) groups excluding carboxylic acids is 2. The minimum atomic E-state index is -1.09. The Balaban J connectivity index is 4.30. The molecule has 0 saturated heterocycles. The van der Waals surface area contributed by atoms with Gasteiger partial charge in [0.15, 0.2) is 0 Å². The van der Waals surface area contributed by atoms with E-state index in [0.29, 0.717) is 24.5 Å². The molecule has 0 aromatic rings. The first-order chi connectivity index (χ1) is 12.2. The normalized spacial score (nSPS) is 14.1. The Morgan fingerprint density at radius 3 is 1.58 bits per heavy atom. The number of nitrogens with one attached hydrogen (secondary N) is 2. The first-order valence-corrected chi connectivity index (χ1v) is 10.2. The summed E-state index contributed by atoms with van der Waals surface area (Å²) in [7, 11) is 0. The van der Waals surface area contributed by atoms with Gasteiger partial charge < -0.3 is 26.6 Å². The van der Waals surface area contributed by atoms with Gasteiger partial charge in [-0.25, -0.2) is 0 Å². The highest BCUT2D eigenvalue weighted by Gasteiger charge is 2.20. The highest BCUT2D eigenvalue weighted by Crippen LogP contribution is 2.29. The van der Waals surface area contributed by atoms with E-state index in [-0.39, 0.29) is 28.2 Å². The second kappa shape index (κ2) is 13.7. The van der Waals surface area contributed by atoms with Crippen LogP contribution in [-0.2, 0) is 19.2 Å². The summed E-state index contributed by atoms with van der Waals surface area (Å²) in [6.45, 7) is 3.09. The predicted octanol–water partition coefficient (Wildman–Crippen LogP) is -0.198. The van der Waals surface area contributed by atoms with Crippen molar-refractivity contribution in [1.82, 2.24) is 10.6 Å². The molecule has 0 aliphatic carbocycles. The molecule has 0 aromatic heterocycles. The number of aliphatic carboxylic acids is 2. The number of carboxylic acids is 2. The number of amides is 2. The maximum atomic E-state index is 11.8. The van der Waals surface area contributed by atoms with Crippen molar-refractivity contribution in [2.45, 2.75) is 24.9 Å².